The van der Waals surface area contributed by atoms with Crippen molar-refractivity contribution in [2.45, 2.75) is 32.9 Å². The minimum absolute atomic E-state index is 0.0527. The van der Waals surface area contributed by atoms with Crippen molar-refractivity contribution in [2.75, 3.05) is 0 Å². The van der Waals surface area contributed by atoms with Gasteiger partial charge in [-0.25, -0.2) is 0 Å². The standard InChI is InChI=1S/C18H23N3O3Si/c1-12-8-14(9-13(2)11-25(3,23)24)18(22)17(10-12)21-19-15-6-4-5-7-16(15)20-21/h4-8,10,13,22-24H,9,11H2,1-3H3. The quantitative estimate of drug-likeness (QED) is 0.611. The lowest BCUT2D eigenvalue weighted by Crippen LogP contribution is -2.32. The second-order valence-electron chi connectivity index (χ2n) is 7.00. The van der Waals surface area contributed by atoms with Crippen molar-refractivity contribution in [3.05, 3.63) is 47.5 Å². The normalized spacial score (nSPS) is 13.3. The Balaban J connectivity index is 1.97. The molecule has 3 aromatic rings. The summed E-state index contributed by atoms with van der Waals surface area (Å²) in [4.78, 5) is 20.9. The third-order valence-electron chi connectivity index (χ3n) is 4.12. The Bertz CT molecular complexity index is 869. The Morgan fingerprint density at radius 2 is 1.72 bits per heavy atom. The average molecular weight is 357 g/mol. The lowest BCUT2D eigenvalue weighted by Gasteiger charge is -2.19. The molecule has 1 aromatic heterocycles. The Morgan fingerprint density at radius 1 is 1.12 bits per heavy atom. The summed E-state index contributed by atoms with van der Waals surface area (Å²) in [6, 6.07) is 11.7. The number of benzene rings is 2. The molecule has 0 spiro atoms. The largest absolute Gasteiger partial charge is 0.505 e. The van der Waals surface area contributed by atoms with Crippen molar-refractivity contribution < 1.29 is 14.7 Å². The Kier molecular flexibility index (Phi) is 4.64. The molecule has 3 rings (SSSR count). The highest BCUT2D eigenvalue weighted by Gasteiger charge is 2.25. The highest BCUT2D eigenvalue weighted by Crippen LogP contribution is 2.31. The van der Waals surface area contributed by atoms with Crippen LogP contribution in [-0.2, 0) is 6.42 Å². The van der Waals surface area contributed by atoms with Gasteiger partial charge in [0.15, 0.2) is 0 Å². The molecule has 6 nitrogen and oxygen atoms in total. The van der Waals surface area contributed by atoms with Crippen LogP contribution in [-0.4, -0.2) is 38.3 Å². The zero-order valence-corrected chi connectivity index (χ0v) is 15.6. The zero-order valence-electron chi connectivity index (χ0n) is 14.6. The minimum atomic E-state index is -3.12. The number of phenols is 1. The van der Waals surface area contributed by atoms with E-state index in [0.717, 1.165) is 22.2 Å². The maximum atomic E-state index is 10.7. The van der Waals surface area contributed by atoms with Crippen LogP contribution in [0, 0.1) is 12.8 Å². The van der Waals surface area contributed by atoms with Crippen LogP contribution in [0.15, 0.2) is 36.4 Å². The number of hydrogen-bond acceptors (Lipinski definition) is 5. The summed E-state index contributed by atoms with van der Waals surface area (Å²) >= 11 is 0. The fourth-order valence-electron chi connectivity index (χ4n) is 3.22. The van der Waals surface area contributed by atoms with Gasteiger partial charge in [-0.15, -0.1) is 15.0 Å². The first-order valence-corrected chi connectivity index (χ1v) is 10.9. The van der Waals surface area contributed by atoms with E-state index < -0.39 is 8.56 Å². The molecule has 0 bridgehead atoms. The second kappa shape index (κ2) is 6.59. The number of aryl methyl sites for hydroxylation is 1. The van der Waals surface area contributed by atoms with Crippen LogP contribution in [0.2, 0.25) is 12.6 Å². The summed E-state index contributed by atoms with van der Waals surface area (Å²) < 4.78 is 0. The van der Waals surface area contributed by atoms with E-state index in [1.165, 1.54) is 11.3 Å². The predicted molar refractivity (Wildman–Crippen MR) is 99.0 cm³/mol. The smallest absolute Gasteiger partial charge is 0.329 e. The summed E-state index contributed by atoms with van der Waals surface area (Å²) in [6.07, 6.45) is 0.561. The van der Waals surface area contributed by atoms with Crippen LogP contribution < -0.4 is 0 Å². The number of fused-ring (bicyclic) bond motifs is 1. The van der Waals surface area contributed by atoms with E-state index in [0.29, 0.717) is 18.2 Å². The number of aromatic hydroxyl groups is 1. The van der Waals surface area contributed by atoms with Gasteiger partial charge < -0.3 is 14.7 Å². The van der Waals surface area contributed by atoms with Gasteiger partial charge in [0.1, 0.15) is 22.5 Å². The van der Waals surface area contributed by atoms with Crippen LogP contribution in [0.1, 0.15) is 18.1 Å². The molecule has 3 N–H and O–H groups in total. The van der Waals surface area contributed by atoms with Gasteiger partial charge in [-0.05, 0) is 61.2 Å². The van der Waals surface area contributed by atoms with Gasteiger partial charge in [0.05, 0.1) is 0 Å². The number of aromatic nitrogens is 3. The second-order valence-corrected chi connectivity index (χ2v) is 9.84. The molecule has 1 unspecified atom stereocenters. The molecule has 0 aliphatic carbocycles. The molecule has 0 amide bonds. The molecule has 1 atom stereocenters. The Morgan fingerprint density at radius 3 is 2.28 bits per heavy atom. The van der Waals surface area contributed by atoms with Gasteiger partial charge in [0.2, 0.25) is 0 Å². The molecule has 25 heavy (non-hydrogen) atoms. The summed E-state index contributed by atoms with van der Waals surface area (Å²) in [5, 5.41) is 19.6. The minimum Gasteiger partial charge on any atom is -0.505 e. The van der Waals surface area contributed by atoms with E-state index in [2.05, 4.69) is 10.2 Å². The SMILES string of the molecule is Cc1cc(CC(C)C[Si](C)(O)O)c(O)c(-n2nc3ccccc3n2)c1. The molecule has 0 saturated carbocycles. The molecule has 0 aliphatic rings. The molecule has 1 heterocycles. The van der Waals surface area contributed by atoms with Crippen molar-refractivity contribution in [1.29, 1.82) is 0 Å². The number of rotatable bonds is 5. The van der Waals surface area contributed by atoms with Crippen molar-refractivity contribution >= 4 is 19.6 Å². The number of phenolic OH excluding ortho intramolecular Hbond substituents is 1. The van der Waals surface area contributed by atoms with E-state index >= 15 is 0 Å². The first-order chi connectivity index (χ1) is 11.7. The van der Waals surface area contributed by atoms with Crippen LogP contribution >= 0.6 is 0 Å². The van der Waals surface area contributed by atoms with Crippen LogP contribution in [0.3, 0.4) is 0 Å². The van der Waals surface area contributed by atoms with Crippen LogP contribution in [0.5, 0.6) is 5.75 Å². The fraction of sp³-hybridized carbons (Fsp3) is 0.333. The van der Waals surface area contributed by atoms with Crippen LogP contribution in [0.4, 0.5) is 0 Å². The highest BCUT2D eigenvalue weighted by atomic mass is 28.4. The Hall–Kier alpha value is -2.22. The molecule has 2 aromatic carbocycles. The van der Waals surface area contributed by atoms with Crippen molar-refractivity contribution in [3.63, 3.8) is 0 Å². The zero-order chi connectivity index (χ0) is 18.2. The molecule has 0 aliphatic heterocycles. The van der Waals surface area contributed by atoms with E-state index in [1.54, 1.807) is 0 Å². The van der Waals surface area contributed by atoms with Gasteiger partial charge in [-0.3, -0.25) is 0 Å². The number of hydrogen-bond donors (Lipinski definition) is 3. The van der Waals surface area contributed by atoms with Gasteiger partial charge in [-0.1, -0.05) is 25.1 Å². The first-order valence-electron chi connectivity index (χ1n) is 8.32. The van der Waals surface area contributed by atoms with Gasteiger partial charge in [0, 0.05) is 0 Å². The third kappa shape index (κ3) is 4.06. The van der Waals surface area contributed by atoms with E-state index in [9.17, 15) is 14.7 Å². The molecule has 0 fully saturated rings. The number of nitrogens with zero attached hydrogens (tertiary/aromatic N) is 3. The fourth-order valence-corrected chi connectivity index (χ4v) is 4.68. The topological polar surface area (TPSA) is 91.4 Å². The van der Waals surface area contributed by atoms with Gasteiger partial charge in [-0.2, -0.15) is 0 Å². The highest BCUT2D eigenvalue weighted by molar-refractivity contribution is 6.63. The maximum Gasteiger partial charge on any atom is 0.329 e. The lowest BCUT2D eigenvalue weighted by atomic mass is 9.99. The molecular weight excluding hydrogens is 334 g/mol. The molecule has 7 heteroatoms. The maximum absolute atomic E-state index is 10.7. The predicted octanol–water partition coefficient (Wildman–Crippen LogP) is 2.67. The average Bonchev–Trinajstić information content (AvgIpc) is 2.92. The molecule has 0 saturated heterocycles. The summed E-state index contributed by atoms with van der Waals surface area (Å²) in [6.45, 7) is 5.42. The first kappa shape index (κ1) is 17.6. The molecular formula is C18H23N3O3Si. The monoisotopic (exact) mass is 357 g/mol. The van der Waals surface area contributed by atoms with Gasteiger partial charge >= 0.3 is 8.56 Å². The van der Waals surface area contributed by atoms with Crippen molar-refractivity contribution in [2.24, 2.45) is 5.92 Å². The van der Waals surface area contributed by atoms with E-state index in [-0.39, 0.29) is 11.7 Å². The summed E-state index contributed by atoms with van der Waals surface area (Å²) in [5.74, 6) is 0.189. The van der Waals surface area contributed by atoms with Crippen molar-refractivity contribution in [1.82, 2.24) is 15.0 Å². The summed E-state index contributed by atoms with van der Waals surface area (Å²) in [7, 11) is -3.12. The van der Waals surface area contributed by atoms with E-state index in [4.69, 9.17) is 0 Å². The molecule has 132 valence electrons. The van der Waals surface area contributed by atoms with Gasteiger partial charge in [0.25, 0.3) is 0 Å². The van der Waals surface area contributed by atoms with Crippen LogP contribution in [0.25, 0.3) is 16.7 Å². The third-order valence-corrected chi connectivity index (χ3v) is 5.59. The lowest BCUT2D eigenvalue weighted by molar-refractivity contribution is 0.354. The van der Waals surface area contributed by atoms with Crippen molar-refractivity contribution in [3.8, 4) is 11.4 Å². The summed E-state index contributed by atoms with van der Waals surface area (Å²) in [5.41, 5.74) is 3.82. The Labute approximate surface area is 147 Å². The molecule has 0 radical (unpaired) electrons. The van der Waals surface area contributed by atoms with E-state index in [1.807, 2.05) is 50.2 Å².